The highest BCUT2D eigenvalue weighted by Gasteiger charge is 1.98. The number of benzene rings is 2. The second kappa shape index (κ2) is 7.71. The standard InChI is InChI=1S/C18H22O2/c1-2-3-4-15-5-7-17(8-6-15)14-20-18-11-9-16(13-19)10-12-18/h5-12,19H,2-4,13-14H2,1H3. The Hall–Kier alpha value is -1.80. The Morgan fingerprint density at radius 3 is 2.05 bits per heavy atom. The van der Waals surface area contributed by atoms with E-state index in [0.717, 1.165) is 17.7 Å². The number of hydrogen-bond donors (Lipinski definition) is 1. The second-order valence-electron chi connectivity index (χ2n) is 5.01. The van der Waals surface area contributed by atoms with Gasteiger partial charge < -0.3 is 9.84 Å². The summed E-state index contributed by atoms with van der Waals surface area (Å²) >= 11 is 0. The Balaban J connectivity index is 1.86. The van der Waals surface area contributed by atoms with Gasteiger partial charge >= 0.3 is 0 Å². The van der Waals surface area contributed by atoms with Crippen molar-refractivity contribution in [1.82, 2.24) is 0 Å². The molecule has 0 fully saturated rings. The molecule has 2 heteroatoms. The molecule has 0 atom stereocenters. The molecule has 106 valence electrons. The minimum atomic E-state index is 0.0690. The van der Waals surface area contributed by atoms with Crippen LogP contribution in [0, 0.1) is 0 Å². The molecule has 0 saturated carbocycles. The Bertz CT molecular complexity index is 500. The zero-order valence-corrected chi connectivity index (χ0v) is 12.0. The van der Waals surface area contributed by atoms with Crippen molar-refractivity contribution >= 4 is 0 Å². The SMILES string of the molecule is CCCCc1ccc(COc2ccc(CO)cc2)cc1. The number of rotatable bonds is 7. The summed E-state index contributed by atoms with van der Waals surface area (Å²) in [4.78, 5) is 0. The van der Waals surface area contributed by atoms with Crippen molar-refractivity contribution in [2.75, 3.05) is 0 Å². The predicted octanol–water partition coefficient (Wildman–Crippen LogP) is 4.10. The number of aryl methyl sites for hydroxylation is 1. The summed E-state index contributed by atoms with van der Waals surface area (Å²) in [6, 6.07) is 16.2. The summed E-state index contributed by atoms with van der Waals surface area (Å²) in [5.41, 5.74) is 3.47. The first-order valence-corrected chi connectivity index (χ1v) is 7.22. The van der Waals surface area contributed by atoms with Crippen LogP contribution in [-0.4, -0.2) is 5.11 Å². The zero-order valence-electron chi connectivity index (χ0n) is 12.0. The van der Waals surface area contributed by atoms with E-state index in [1.165, 1.54) is 24.0 Å². The molecule has 20 heavy (non-hydrogen) atoms. The van der Waals surface area contributed by atoms with Gasteiger partial charge in [0.25, 0.3) is 0 Å². The van der Waals surface area contributed by atoms with E-state index < -0.39 is 0 Å². The van der Waals surface area contributed by atoms with Gasteiger partial charge in [0.2, 0.25) is 0 Å². The van der Waals surface area contributed by atoms with Gasteiger partial charge in [-0.25, -0.2) is 0 Å². The molecule has 0 heterocycles. The first kappa shape index (κ1) is 14.6. The number of ether oxygens (including phenoxy) is 1. The van der Waals surface area contributed by atoms with Crippen LogP contribution in [0.2, 0.25) is 0 Å². The average Bonchev–Trinajstić information content (AvgIpc) is 2.52. The summed E-state index contributed by atoms with van der Waals surface area (Å²) in [6.45, 7) is 2.86. The maximum absolute atomic E-state index is 8.98. The van der Waals surface area contributed by atoms with Crippen LogP contribution in [0.25, 0.3) is 0 Å². The predicted molar refractivity (Wildman–Crippen MR) is 81.8 cm³/mol. The van der Waals surface area contributed by atoms with E-state index in [-0.39, 0.29) is 6.61 Å². The molecule has 2 aromatic rings. The Labute approximate surface area is 121 Å². The molecule has 0 saturated heterocycles. The molecule has 0 radical (unpaired) electrons. The van der Waals surface area contributed by atoms with Gasteiger partial charge in [-0.2, -0.15) is 0 Å². The van der Waals surface area contributed by atoms with E-state index in [4.69, 9.17) is 9.84 Å². The van der Waals surface area contributed by atoms with Crippen LogP contribution in [0.4, 0.5) is 0 Å². The van der Waals surface area contributed by atoms with E-state index in [0.29, 0.717) is 6.61 Å². The lowest BCUT2D eigenvalue weighted by Crippen LogP contribution is -1.96. The van der Waals surface area contributed by atoms with Crippen molar-refractivity contribution in [3.8, 4) is 5.75 Å². The Morgan fingerprint density at radius 2 is 1.45 bits per heavy atom. The van der Waals surface area contributed by atoms with Crippen LogP contribution in [0.3, 0.4) is 0 Å². The summed E-state index contributed by atoms with van der Waals surface area (Å²) in [5.74, 6) is 0.831. The normalized spacial score (nSPS) is 10.5. The number of aliphatic hydroxyl groups excluding tert-OH is 1. The highest BCUT2D eigenvalue weighted by molar-refractivity contribution is 5.28. The van der Waals surface area contributed by atoms with Crippen LogP contribution < -0.4 is 4.74 Å². The molecule has 0 aromatic heterocycles. The lowest BCUT2D eigenvalue weighted by Gasteiger charge is -2.08. The molecule has 2 rings (SSSR count). The maximum Gasteiger partial charge on any atom is 0.119 e. The fraction of sp³-hybridized carbons (Fsp3) is 0.333. The Kier molecular flexibility index (Phi) is 5.63. The van der Waals surface area contributed by atoms with Crippen LogP contribution in [0.1, 0.15) is 36.5 Å². The van der Waals surface area contributed by atoms with Gasteiger partial charge in [-0.05, 0) is 41.7 Å². The van der Waals surface area contributed by atoms with Crippen molar-refractivity contribution in [3.63, 3.8) is 0 Å². The fourth-order valence-corrected chi connectivity index (χ4v) is 2.04. The summed E-state index contributed by atoms with van der Waals surface area (Å²) in [5, 5.41) is 8.98. The highest BCUT2D eigenvalue weighted by Crippen LogP contribution is 2.15. The molecule has 0 amide bonds. The number of aliphatic hydroxyl groups is 1. The molecule has 0 spiro atoms. The van der Waals surface area contributed by atoms with Gasteiger partial charge in [0.1, 0.15) is 12.4 Å². The molecular weight excluding hydrogens is 248 g/mol. The van der Waals surface area contributed by atoms with Crippen LogP contribution in [0.5, 0.6) is 5.75 Å². The second-order valence-corrected chi connectivity index (χ2v) is 5.01. The molecule has 2 nitrogen and oxygen atoms in total. The molecule has 0 aliphatic carbocycles. The van der Waals surface area contributed by atoms with E-state index in [9.17, 15) is 0 Å². The van der Waals surface area contributed by atoms with Gasteiger partial charge in [-0.1, -0.05) is 49.7 Å². The first-order chi connectivity index (χ1) is 9.81. The van der Waals surface area contributed by atoms with E-state index >= 15 is 0 Å². The highest BCUT2D eigenvalue weighted by atomic mass is 16.5. The average molecular weight is 270 g/mol. The molecule has 0 unspecified atom stereocenters. The van der Waals surface area contributed by atoms with E-state index in [1.807, 2.05) is 24.3 Å². The molecule has 0 aliphatic heterocycles. The summed E-state index contributed by atoms with van der Waals surface area (Å²) in [6.07, 6.45) is 3.63. The van der Waals surface area contributed by atoms with Crippen LogP contribution in [0.15, 0.2) is 48.5 Å². The molecule has 0 aliphatic rings. The third kappa shape index (κ3) is 4.39. The van der Waals surface area contributed by atoms with Gasteiger partial charge in [-0.3, -0.25) is 0 Å². The molecular formula is C18H22O2. The molecule has 1 N–H and O–H groups in total. The van der Waals surface area contributed by atoms with E-state index in [2.05, 4.69) is 31.2 Å². The zero-order chi connectivity index (χ0) is 14.2. The van der Waals surface area contributed by atoms with Gasteiger partial charge in [0, 0.05) is 0 Å². The smallest absolute Gasteiger partial charge is 0.119 e. The van der Waals surface area contributed by atoms with Crippen molar-refractivity contribution in [2.45, 2.75) is 39.4 Å². The molecule has 0 bridgehead atoms. The Morgan fingerprint density at radius 1 is 0.850 bits per heavy atom. The monoisotopic (exact) mass is 270 g/mol. The topological polar surface area (TPSA) is 29.5 Å². The molecule has 2 aromatic carbocycles. The third-order valence-electron chi connectivity index (χ3n) is 3.35. The van der Waals surface area contributed by atoms with Crippen molar-refractivity contribution in [1.29, 1.82) is 0 Å². The largest absolute Gasteiger partial charge is 0.489 e. The van der Waals surface area contributed by atoms with Crippen LogP contribution in [-0.2, 0) is 19.6 Å². The third-order valence-corrected chi connectivity index (χ3v) is 3.35. The van der Waals surface area contributed by atoms with Crippen molar-refractivity contribution in [2.24, 2.45) is 0 Å². The summed E-state index contributed by atoms with van der Waals surface area (Å²) < 4.78 is 5.73. The lowest BCUT2D eigenvalue weighted by atomic mass is 10.1. The van der Waals surface area contributed by atoms with Crippen LogP contribution >= 0.6 is 0 Å². The van der Waals surface area contributed by atoms with Gasteiger partial charge in [0.05, 0.1) is 6.61 Å². The summed E-state index contributed by atoms with van der Waals surface area (Å²) in [7, 11) is 0. The van der Waals surface area contributed by atoms with E-state index in [1.54, 1.807) is 0 Å². The van der Waals surface area contributed by atoms with Crippen molar-refractivity contribution < 1.29 is 9.84 Å². The van der Waals surface area contributed by atoms with Crippen molar-refractivity contribution in [3.05, 3.63) is 65.2 Å². The van der Waals surface area contributed by atoms with Gasteiger partial charge in [-0.15, -0.1) is 0 Å². The fourth-order valence-electron chi connectivity index (χ4n) is 2.04. The van der Waals surface area contributed by atoms with Gasteiger partial charge in [0.15, 0.2) is 0 Å². The minimum absolute atomic E-state index is 0.0690. The minimum Gasteiger partial charge on any atom is -0.489 e. The lowest BCUT2D eigenvalue weighted by molar-refractivity contribution is 0.280. The number of hydrogen-bond acceptors (Lipinski definition) is 2. The first-order valence-electron chi connectivity index (χ1n) is 7.22. The maximum atomic E-state index is 8.98. The quantitative estimate of drug-likeness (QED) is 0.820. The number of unbranched alkanes of at least 4 members (excludes halogenated alkanes) is 1.